The van der Waals surface area contributed by atoms with Crippen molar-refractivity contribution >= 4 is 22.7 Å². The zero-order valence-electron chi connectivity index (χ0n) is 16.2. The van der Waals surface area contributed by atoms with E-state index in [-0.39, 0.29) is 11.8 Å². The summed E-state index contributed by atoms with van der Waals surface area (Å²) in [6.45, 7) is 8.78. The number of amides is 2. The number of hydrogen-bond acceptors (Lipinski definition) is 4. The van der Waals surface area contributed by atoms with Gasteiger partial charge in [0.25, 0.3) is 5.91 Å². The van der Waals surface area contributed by atoms with Gasteiger partial charge in [-0.25, -0.2) is 4.98 Å². The normalized spacial score (nSPS) is 15.6. The molecule has 6 heteroatoms. The standard InChI is InChI=1S/C21H28N4O2/c1-3-24(4-2)20(26)16-23-12-7-13-25(15-14-23)21(27)19-11-10-17-8-5-6-9-18(17)22-19/h5-6,8-11H,3-4,7,12-16H2,1-2H3. The molecule has 144 valence electrons. The number of pyridine rings is 1. The highest BCUT2D eigenvalue weighted by atomic mass is 16.2. The third-order valence-electron chi connectivity index (χ3n) is 5.17. The molecular formula is C21H28N4O2. The number of carbonyl (C=O) groups is 2. The Balaban J connectivity index is 1.63. The molecule has 0 saturated carbocycles. The maximum atomic E-state index is 12.9. The van der Waals surface area contributed by atoms with Gasteiger partial charge < -0.3 is 9.80 Å². The molecule has 0 aliphatic carbocycles. The Morgan fingerprint density at radius 3 is 2.56 bits per heavy atom. The van der Waals surface area contributed by atoms with Crippen LogP contribution in [0.15, 0.2) is 36.4 Å². The second kappa shape index (κ2) is 8.95. The van der Waals surface area contributed by atoms with Crippen LogP contribution < -0.4 is 0 Å². The number of fused-ring (bicyclic) bond motifs is 1. The third kappa shape index (κ3) is 4.63. The highest BCUT2D eigenvalue weighted by Gasteiger charge is 2.23. The van der Waals surface area contributed by atoms with Crippen LogP contribution in [0.3, 0.4) is 0 Å². The summed E-state index contributed by atoms with van der Waals surface area (Å²) in [5.74, 6) is 0.133. The van der Waals surface area contributed by atoms with Gasteiger partial charge in [-0.15, -0.1) is 0 Å². The van der Waals surface area contributed by atoms with Gasteiger partial charge in [0.2, 0.25) is 5.91 Å². The summed E-state index contributed by atoms with van der Waals surface area (Å²) >= 11 is 0. The summed E-state index contributed by atoms with van der Waals surface area (Å²) < 4.78 is 0. The van der Waals surface area contributed by atoms with Crippen LogP contribution in [0.25, 0.3) is 10.9 Å². The SMILES string of the molecule is CCN(CC)C(=O)CN1CCCN(C(=O)c2ccc3ccccc3n2)CC1. The van der Waals surface area contributed by atoms with Gasteiger partial charge in [0.05, 0.1) is 12.1 Å². The summed E-state index contributed by atoms with van der Waals surface area (Å²) in [5.41, 5.74) is 1.32. The number of aromatic nitrogens is 1. The quantitative estimate of drug-likeness (QED) is 0.812. The van der Waals surface area contributed by atoms with E-state index in [1.165, 1.54) is 0 Å². The molecule has 1 saturated heterocycles. The Labute approximate surface area is 160 Å². The number of carbonyl (C=O) groups excluding carboxylic acids is 2. The first-order valence-corrected chi connectivity index (χ1v) is 9.77. The Morgan fingerprint density at radius 2 is 1.78 bits per heavy atom. The van der Waals surface area contributed by atoms with Crippen molar-refractivity contribution in [3.63, 3.8) is 0 Å². The molecule has 1 aromatic carbocycles. The van der Waals surface area contributed by atoms with Crippen molar-refractivity contribution in [1.82, 2.24) is 19.7 Å². The lowest BCUT2D eigenvalue weighted by Gasteiger charge is -2.25. The van der Waals surface area contributed by atoms with E-state index in [0.29, 0.717) is 31.9 Å². The predicted molar refractivity (Wildman–Crippen MR) is 107 cm³/mol. The van der Waals surface area contributed by atoms with Gasteiger partial charge in [-0.05, 0) is 32.4 Å². The van der Waals surface area contributed by atoms with Crippen molar-refractivity contribution in [2.75, 3.05) is 45.8 Å². The van der Waals surface area contributed by atoms with Crippen LogP contribution in [0.4, 0.5) is 0 Å². The molecule has 2 aromatic rings. The van der Waals surface area contributed by atoms with Crippen molar-refractivity contribution in [1.29, 1.82) is 0 Å². The average Bonchev–Trinajstić information content (AvgIpc) is 2.93. The Morgan fingerprint density at radius 1 is 1.00 bits per heavy atom. The molecular weight excluding hydrogens is 340 g/mol. The highest BCUT2D eigenvalue weighted by molar-refractivity contribution is 5.95. The predicted octanol–water partition coefficient (Wildman–Crippen LogP) is 2.25. The molecule has 6 nitrogen and oxygen atoms in total. The van der Waals surface area contributed by atoms with Crippen LogP contribution in [-0.4, -0.2) is 77.3 Å². The molecule has 1 aromatic heterocycles. The first-order chi connectivity index (χ1) is 13.1. The second-order valence-corrected chi connectivity index (χ2v) is 6.88. The lowest BCUT2D eigenvalue weighted by atomic mass is 10.2. The molecule has 0 unspecified atom stereocenters. The summed E-state index contributed by atoms with van der Waals surface area (Å²) in [5, 5.41) is 1.03. The fraction of sp³-hybridized carbons (Fsp3) is 0.476. The number of likely N-dealkylation sites (N-methyl/N-ethyl adjacent to an activating group) is 1. The minimum absolute atomic E-state index is 0.0299. The van der Waals surface area contributed by atoms with E-state index in [0.717, 1.165) is 37.0 Å². The molecule has 0 atom stereocenters. The van der Waals surface area contributed by atoms with Gasteiger partial charge >= 0.3 is 0 Å². The van der Waals surface area contributed by atoms with E-state index < -0.39 is 0 Å². The van der Waals surface area contributed by atoms with Crippen LogP contribution >= 0.6 is 0 Å². The minimum atomic E-state index is -0.0299. The van der Waals surface area contributed by atoms with E-state index in [1.54, 1.807) is 6.07 Å². The summed E-state index contributed by atoms with van der Waals surface area (Å²) in [6, 6.07) is 11.6. The number of hydrogen-bond donors (Lipinski definition) is 0. The van der Waals surface area contributed by atoms with Gasteiger partial charge in [0, 0.05) is 44.7 Å². The molecule has 1 aliphatic heterocycles. The Hall–Kier alpha value is -2.47. The van der Waals surface area contributed by atoms with Gasteiger partial charge in [-0.2, -0.15) is 0 Å². The zero-order valence-corrected chi connectivity index (χ0v) is 16.2. The van der Waals surface area contributed by atoms with Crippen LogP contribution in [0.1, 0.15) is 30.8 Å². The summed E-state index contributed by atoms with van der Waals surface area (Å²) in [6.07, 6.45) is 0.866. The lowest BCUT2D eigenvalue weighted by Crippen LogP contribution is -2.42. The first kappa shape index (κ1) is 19.3. The van der Waals surface area contributed by atoms with Crippen LogP contribution in [0.2, 0.25) is 0 Å². The van der Waals surface area contributed by atoms with Crippen LogP contribution in [0.5, 0.6) is 0 Å². The summed E-state index contributed by atoms with van der Waals surface area (Å²) in [4.78, 5) is 35.6. The van der Waals surface area contributed by atoms with Crippen molar-refractivity contribution < 1.29 is 9.59 Å². The van der Waals surface area contributed by atoms with Crippen molar-refractivity contribution in [2.24, 2.45) is 0 Å². The smallest absolute Gasteiger partial charge is 0.272 e. The number of para-hydroxylation sites is 1. The minimum Gasteiger partial charge on any atom is -0.342 e. The van der Waals surface area contributed by atoms with E-state index >= 15 is 0 Å². The molecule has 0 spiro atoms. The second-order valence-electron chi connectivity index (χ2n) is 6.88. The Bertz CT molecular complexity index is 804. The van der Waals surface area contributed by atoms with Gasteiger partial charge in [0.1, 0.15) is 5.69 Å². The van der Waals surface area contributed by atoms with E-state index in [1.807, 2.05) is 54.0 Å². The van der Waals surface area contributed by atoms with Gasteiger partial charge in [-0.1, -0.05) is 24.3 Å². The first-order valence-electron chi connectivity index (χ1n) is 9.77. The van der Waals surface area contributed by atoms with E-state index in [9.17, 15) is 9.59 Å². The van der Waals surface area contributed by atoms with Crippen molar-refractivity contribution in [2.45, 2.75) is 20.3 Å². The van der Waals surface area contributed by atoms with E-state index in [4.69, 9.17) is 0 Å². The molecule has 1 fully saturated rings. The largest absolute Gasteiger partial charge is 0.342 e. The summed E-state index contributed by atoms with van der Waals surface area (Å²) in [7, 11) is 0. The fourth-order valence-corrected chi connectivity index (χ4v) is 3.55. The number of nitrogens with zero attached hydrogens (tertiary/aromatic N) is 4. The molecule has 3 rings (SSSR count). The van der Waals surface area contributed by atoms with E-state index in [2.05, 4.69) is 9.88 Å². The van der Waals surface area contributed by atoms with Crippen molar-refractivity contribution in [3.05, 3.63) is 42.1 Å². The molecule has 0 radical (unpaired) electrons. The molecule has 2 heterocycles. The van der Waals surface area contributed by atoms with Crippen molar-refractivity contribution in [3.8, 4) is 0 Å². The van der Waals surface area contributed by atoms with Gasteiger partial charge in [0.15, 0.2) is 0 Å². The maximum absolute atomic E-state index is 12.9. The van der Waals surface area contributed by atoms with Gasteiger partial charge in [-0.3, -0.25) is 14.5 Å². The number of benzene rings is 1. The molecule has 0 bridgehead atoms. The average molecular weight is 368 g/mol. The van der Waals surface area contributed by atoms with Crippen LogP contribution in [-0.2, 0) is 4.79 Å². The third-order valence-corrected chi connectivity index (χ3v) is 5.17. The highest BCUT2D eigenvalue weighted by Crippen LogP contribution is 2.14. The molecule has 1 aliphatic rings. The topological polar surface area (TPSA) is 56.8 Å². The molecule has 27 heavy (non-hydrogen) atoms. The Kier molecular flexibility index (Phi) is 6.40. The maximum Gasteiger partial charge on any atom is 0.272 e. The fourth-order valence-electron chi connectivity index (χ4n) is 3.55. The van der Waals surface area contributed by atoms with Crippen LogP contribution in [0, 0.1) is 0 Å². The number of rotatable bonds is 5. The molecule has 2 amide bonds. The molecule has 0 N–H and O–H groups in total. The zero-order chi connectivity index (χ0) is 19.2. The monoisotopic (exact) mass is 368 g/mol. The lowest BCUT2D eigenvalue weighted by molar-refractivity contribution is -0.132.